The van der Waals surface area contributed by atoms with E-state index in [0.717, 1.165) is 12.8 Å². The molecule has 0 heterocycles. The second-order valence-electron chi connectivity index (χ2n) is 7.38. The predicted octanol–water partition coefficient (Wildman–Crippen LogP) is 3.01. The molecule has 4 unspecified atom stereocenters. The van der Waals surface area contributed by atoms with Crippen LogP contribution < -0.4 is 11.6 Å². The molecule has 4 N–H and O–H groups in total. The molecule has 22 heavy (non-hydrogen) atoms. The van der Waals surface area contributed by atoms with Crippen LogP contribution in [0.3, 0.4) is 0 Å². The second kappa shape index (κ2) is 6.55. The van der Waals surface area contributed by atoms with Gasteiger partial charge >= 0.3 is 0 Å². The van der Waals surface area contributed by atoms with Crippen molar-refractivity contribution >= 4 is 41.7 Å². The molecule has 126 valence electrons. The van der Waals surface area contributed by atoms with Crippen molar-refractivity contribution in [2.24, 2.45) is 43.4 Å². The standard InChI is InChI=1S/C16H30IN5/c1-12-14(4,7-8-22-19)15(5,17)13(2,3)9-16(12,20-6)10-21-11-18/h8,10,12H,6-7,9,11,18-19H2,1-5H3/b21-10?,22-8+. The number of alkyl halides is 1. The van der Waals surface area contributed by atoms with Crippen molar-refractivity contribution in [1.29, 1.82) is 0 Å². The average Bonchev–Trinajstić information content (AvgIpc) is 2.46. The Bertz CT molecular complexity index is 471. The first-order valence-corrected chi connectivity index (χ1v) is 8.72. The monoisotopic (exact) mass is 419 g/mol. The highest BCUT2D eigenvalue weighted by atomic mass is 127. The van der Waals surface area contributed by atoms with Crippen molar-refractivity contribution in [3.63, 3.8) is 0 Å². The number of halogens is 1. The Labute approximate surface area is 148 Å². The molecule has 0 aromatic carbocycles. The van der Waals surface area contributed by atoms with Crippen LogP contribution in [0.5, 0.6) is 0 Å². The van der Waals surface area contributed by atoms with Crippen LogP contribution in [-0.4, -0.2) is 34.8 Å². The summed E-state index contributed by atoms with van der Waals surface area (Å²) in [5.41, 5.74) is 5.15. The fourth-order valence-corrected chi connectivity index (χ4v) is 4.85. The lowest BCUT2D eigenvalue weighted by Gasteiger charge is -2.63. The number of aliphatic imine (C=N–C) groups is 2. The van der Waals surface area contributed by atoms with Crippen LogP contribution >= 0.6 is 22.6 Å². The quantitative estimate of drug-likeness (QED) is 0.236. The summed E-state index contributed by atoms with van der Waals surface area (Å²) in [7, 11) is 0. The van der Waals surface area contributed by atoms with Crippen LogP contribution in [0.15, 0.2) is 15.1 Å². The van der Waals surface area contributed by atoms with Gasteiger partial charge in [-0.2, -0.15) is 5.10 Å². The first-order valence-electron chi connectivity index (χ1n) is 7.64. The van der Waals surface area contributed by atoms with Gasteiger partial charge in [0, 0.05) is 15.9 Å². The molecule has 4 atom stereocenters. The molecule has 0 radical (unpaired) electrons. The minimum Gasteiger partial charge on any atom is -0.324 e. The Morgan fingerprint density at radius 1 is 1.32 bits per heavy atom. The first kappa shape index (κ1) is 19.5. The molecule has 0 aromatic rings. The highest BCUT2D eigenvalue weighted by molar-refractivity contribution is 14.1. The van der Waals surface area contributed by atoms with E-state index in [-0.39, 0.29) is 26.8 Å². The van der Waals surface area contributed by atoms with Gasteiger partial charge in [0.25, 0.3) is 0 Å². The molecule has 0 amide bonds. The van der Waals surface area contributed by atoms with Gasteiger partial charge in [0.2, 0.25) is 0 Å². The SMILES string of the molecule is C=NC1(C=NCN)CC(C)(C)C(C)(I)C(C)(C/C=N/N)C1C. The van der Waals surface area contributed by atoms with Crippen molar-refractivity contribution in [3.05, 3.63) is 0 Å². The van der Waals surface area contributed by atoms with E-state index in [1.807, 2.05) is 12.4 Å². The third kappa shape index (κ3) is 2.84. The van der Waals surface area contributed by atoms with Gasteiger partial charge in [0.1, 0.15) is 0 Å². The zero-order chi connectivity index (χ0) is 17.2. The summed E-state index contributed by atoms with van der Waals surface area (Å²) in [4.78, 5) is 8.83. The number of nitrogens with two attached hydrogens (primary N) is 2. The minimum atomic E-state index is -0.412. The van der Waals surface area contributed by atoms with Crippen molar-refractivity contribution in [1.82, 2.24) is 0 Å². The minimum absolute atomic E-state index is 0.0407. The molecule has 1 rings (SSSR count). The van der Waals surface area contributed by atoms with E-state index in [1.54, 1.807) is 0 Å². The van der Waals surface area contributed by atoms with Gasteiger partial charge in [0.05, 0.1) is 12.2 Å². The lowest BCUT2D eigenvalue weighted by atomic mass is 9.47. The number of hydrogen-bond acceptors (Lipinski definition) is 5. The summed E-state index contributed by atoms with van der Waals surface area (Å²) >= 11 is 2.60. The zero-order valence-corrected chi connectivity index (χ0v) is 16.6. The van der Waals surface area contributed by atoms with E-state index in [0.29, 0.717) is 0 Å². The van der Waals surface area contributed by atoms with E-state index < -0.39 is 5.54 Å². The van der Waals surface area contributed by atoms with Crippen molar-refractivity contribution in [2.75, 3.05) is 6.67 Å². The summed E-state index contributed by atoms with van der Waals surface area (Å²) in [5.74, 6) is 5.61. The second-order valence-corrected chi connectivity index (χ2v) is 9.54. The van der Waals surface area contributed by atoms with Crippen LogP contribution in [0.1, 0.15) is 47.5 Å². The number of rotatable bonds is 5. The average molecular weight is 419 g/mol. The molecular formula is C16H30IN5. The van der Waals surface area contributed by atoms with E-state index in [4.69, 9.17) is 11.6 Å². The Morgan fingerprint density at radius 3 is 2.36 bits per heavy atom. The van der Waals surface area contributed by atoms with Crippen molar-refractivity contribution in [2.45, 2.75) is 56.4 Å². The van der Waals surface area contributed by atoms with Crippen LogP contribution in [0.2, 0.25) is 0 Å². The van der Waals surface area contributed by atoms with Gasteiger partial charge in [-0.3, -0.25) is 9.98 Å². The van der Waals surface area contributed by atoms with Crippen LogP contribution in [0.4, 0.5) is 0 Å². The largest absolute Gasteiger partial charge is 0.324 e. The Hall–Kier alpha value is -0.500. The Kier molecular flexibility index (Phi) is 5.82. The summed E-state index contributed by atoms with van der Waals surface area (Å²) in [6.07, 6.45) is 5.41. The molecule has 5 nitrogen and oxygen atoms in total. The number of nitrogens with zero attached hydrogens (tertiary/aromatic N) is 3. The van der Waals surface area contributed by atoms with E-state index in [2.05, 4.69) is 79.0 Å². The van der Waals surface area contributed by atoms with Crippen LogP contribution in [0.25, 0.3) is 0 Å². The molecule has 1 aliphatic rings. The Balaban J connectivity index is 3.51. The smallest absolute Gasteiger partial charge is 0.0982 e. The third-order valence-electron chi connectivity index (χ3n) is 6.11. The van der Waals surface area contributed by atoms with Gasteiger partial charge in [-0.1, -0.05) is 50.3 Å². The topological polar surface area (TPSA) is 89.1 Å². The highest BCUT2D eigenvalue weighted by Gasteiger charge is 2.64. The van der Waals surface area contributed by atoms with Crippen molar-refractivity contribution < 1.29 is 0 Å². The fourth-order valence-electron chi connectivity index (χ4n) is 3.97. The molecule has 6 heteroatoms. The molecule has 0 aliphatic heterocycles. The third-order valence-corrected chi connectivity index (χ3v) is 8.80. The maximum Gasteiger partial charge on any atom is 0.0982 e. The summed E-state index contributed by atoms with van der Waals surface area (Å²) in [6, 6.07) is 0. The zero-order valence-electron chi connectivity index (χ0n) is 14.4. The lowest BCUT2D eigenvalue weighted by molar-refractivity contribution is -0.0176. The number of hydrazone groups is 1. The van der Waals surface area contributed by atoms with Crippen LogP contribution in [-0.2, 0) is 0 Å². The van der Waals surface area contributed by atoms with E-state index in [1.165, 1.54) is 0 Å². The molecule has 1 aliphatic carbocycles. The highest BCUT2D eigenvalue weighted by Crippen LogP contribution is 2.65. The van der Waals surface area contributed by atoms with Gasteiger partial charge in [0.15, 0.2) is 0 Å². The molecule has 1 fully saturated rings. The molecule has 1 saturated carbocycles. The first-order chi connectivity index (χ1) is 10.0. The van der Waals surface area contributed by atoms with Crippen molar-refractivity contribution in [3.8, 4) is 0 Å². The van der Waals surface area contributed by atoms with E-state index >= 15 is 0 Å². The normalized spacial score (nSPS) is 42.0. The molecule has 0 bridgehead atoms. The molecule has 0 spiro atoms. The van der Waals surface area contributed by atoms with Crippen LogP contribution in [0, 0.1) is 16.7 Å². The molecule has 0 saturated heterocycles. The maximum absolute atomic E-state index is 5.57. The lowest BCUT2D eigenvalue weighted by Crippen LogP contribution is -2.65. The van der Waals surface area contributed by atoms with Gasteiger partial charge in [-0.05, 0) is 43.2 Å². The van der Waals surface area contributed by atoms with Gasteiger partial charge in [-0.15, -0.1) is 0 Å². The maximum atomic E-state index is 5.57. The van der Waals surface area contributed by atoms with E-state index in [9.17, 15) is 0 Å². The Morgan fingerprint density at radius 2 is 1.91 bits per heavy atom. The molecular weight excluding hydrogens is 389 g/mol. The fraction of sp³-hybridized carbons (Fsp3) is 0.812. The van der Waals surface area contributed by atoms with Gasteiger partial charge in [-0.25, -0.2) is 0 Å². The van der Waals surface area contributed by atoms with Gasteiger partial charge < -0.3 is 11.6 Å². The number of hydrogen-bond donors (Lipinski definition) is 2. The summed E-state index contributed by atoms with van der Waals surface area (Å²) < 4.78 is 0.0448. The summed E-state index contributed by atoms with van der Waals surface area (Å²) in [5, 5.41) is 3.73. The summed E-state index contributed by atoms with van der Waals surface area (Å²) in [6.45, 7) is 15.6. The predicted molar refractivity (Wildman–Crippen MR) is 105 cm³/mol. The molecule has 0 aromatic heterocycles.